The number of nitrogens with zero attached hydrogens (tertiary/aromatic N) is 2. The molecule has 1 aromatic rings. The summed E-state index contributed by atoms with van der Waals surface area (Å²) in [5.41, 5.74) is 3.81. The molecule has 0 bridgehead atoms. The van der Waals surface area contributed by atoms with Crippen molar-refractivity contribution in [3.05, 3.63) is 33.6 Å². The van der Waals surface area contributed by atoms with Crippen molar-refractivity contribution >= 4 is 11.4 Å². The van der Waals surface area contributed by atoms with Crippen LogP contribution in [-0.4, -0.2) is 21.2 Å². The Hall–Kier alpha value is -2.24. The van der Waals surface area contributed by atoms with E-state index in [0.29, 0.717) is 6.07 Å². The number of aliphatic hydroxyl groups is 2. The van der Waals surface area contributed by atoms with Crippen molar-refractivity contribution in [1.29, 1.82) is 5.26 Å². The van der Waals surface area contributed by atoms with Crippen LogP contribution in [0.1, 0.15) is 18.1 Å². The highest BCUT2D eigenvalue weighted by atomic mass is 19.1. The molecule has 2 unspecified atom stereocenters. The molecule has 8 heteroatoms. The first kappa shape index (κ1) is 13.8. The summed E-state index contributed by atoms with van der Waals surface area (Å²) in [5.74, 6) is -0.984. The van der Waals surface area contributed by atoms with Gasteiger partial charge in [-0.3, -0.25) is 10.1 Å². The number of hydrogen-bond donors (Lipinski definition) is 3. The lowest BCUT2D eigenvalue weighted by molar-refractivity contribution is -0.384. The summed E-state index contributed by atoms with van der Waals surface area (Å²) in [6, 6.07) is 3.03. The van der Waals surface area contributed by atoms with Crippen molar-refractivity contribution in [1.82, 2.24) is 0 Å². The summed E-state index contributed by atoms with van der Waals surface area (Å²) in [5, 5.41) is 37.9. The Balaban J connectivity index is 3.20. The number of nitrogens with two attached hydrogens (primary N) is 1. The highest BCUT2D eigenvalue weighted by Crippen LogP contribution is 2.30. The van der Waals surface area contributed by atoms with Gasteiger partial charge < -0.3 is 15.9 Å². The summed E-state index contributed by atoms with van der Waals surface area (Å²) < 4.78 is 13.5. The molecule has 1 aromatic carbocycles. The van der Waals surface area contributed by atoms with Crippen molar-refractivity contribution in [2.24, 2.45) is 0 Å². The normalized spacial score (nSPS) is 13.7. The molecule has 0 heterocycles. The molecule has 0 aliphatic carbocycles. The zero-order valence-corrected chi connectivity index (χ0v) is 9.08. The number of nitrogen functional groups attached to an aromatic ring is 1. The van der Waals surface area contributed by atoms with E-state index in [1.54, 1.807) is 6.07 Å². The van der Waals surface area contributed by atoms with Gasteiger partial charge >= 0.3 is 0 Å². The van der Waals surface area contributed by atoms with Gasteiger partial charge in [-0.15, -0.1) is 0 Å². The first-order chi connectivity index (χ1) is 8.38. The van der Waals surface area contributed by atoms with Crippen LogP contribution in [0.25, 0.3) is 0 Å². The molecule has 0 saturated heterocycles. The molecule has 1 rings (SSSR count). The van der Waals surface area contributed by atoms with E-state index in [9.17, 15) is 24.7 Å². The van der Waals surface area contributed by atoms with Gasteiger partial charge in [-0.2, -0.15) is 5.26 Å². The Morgan fingerprint density at radius 3 is 2.67 bits per heavy atom. The van der Waals surface area contributed by atoms with E-state index in [2.05, 4.69) is 0 Å². The second-order valence-electron chi connectivity index (χ2n) is 3.56. The van der Waals surface area contributed by atoms with Crippen LogP contribution < -0.4 is 5.73 Å². The Bertz CT molecular complexity index is 515. The Morgan fingerprint density at radius 2 is 2.17 bits per heavy atom. The van der Waals surface area contributed by atoms with E-state index in [4.69, 9.17) is 11.0 Å². The lowest BCUT2D eigenvalue weighted by Gasteiger charge is -2.16. The summed E-state index contributed by atoms with van der Waals surface area (Å²) >= 11 is 0. The van der Waals surface area contributed by atoms with Crippen molar-refractivity contribution in [3.63, 3.8) is 0 Å². The molecule has 2 atom stereocenters. The van der Waals surface area contributed by atoms with Gasteiger partial charge in [0.05, 0.1) is 23.5 Å². The summed E-state index contributed by atoms with van der Waals surface area (Å²) in [6.07, 6.45) is -3.70. The standard InChI is InChI=1S/C10H10FN3O4/c11-6-4-7(13)8(14(17)18)3-5(6)10(16)9(15)1-2-12/h3-4,9-10,15-16H,1,13H2. The monoisotopic (exact) mass is 255 g/mol. The summed E-state index contributed by atoms with van der Waals surface area (Å²) in [6.45, 7) is 0. The van der Waals surface area contributed by atoms with Gasteiger partial charge in [0.25, 0.3) is 5.69 Å². The average Bonchev–Trinajstić information content (AvgIpc) is 2.28. The smallest absolute Gasteiger partial charge is 0.292 e. The van der Waals surface area contributed by atoms with Crippen molar-refractivity contribution in [2.75, 3.05) is 5.73 Å². The van der Waals surface area contributed by atoms with Gasteiger partial charge in [0.15, 0.2) is 0 Å². The fourth-order valence-corrected chi connectivity index (χ4v) is 1.39. The Morgan fingerprint density at radius 1 is 1.56 bits per heavy atom. The predicted octanol–water partition coefficient (Wildman–Crippen LogP) is 0.624. The van der Waals surface area contributed by atoms with E-state index in [0.717, 1.165) is 6.07 Å². The maximum absolute atomic E-state index is 13.5. The number of anilines is 1. The molecule has 0 aliphatic rings. The average molecular weight is 255 g/mol. The van der Waals surface area contributed by atoms with Gasteiger partial charge in [0.2, 0.25) is 0 Å². The number of aliphatic hydroxyl groups excluding tert-OH is 2. The fraction of sp³-hybridized carbons (Fsp3) is 0.300. The molecule has 0 aliphatic heterocycles. The van der Waals surface area contributed by atoms with Gasteiger partial charge in [-0.25, -0.2) is 4.39 Å². The number of hydrogen-bond acceptors (Lipinski definition) is 6. The van der Waals surface area contributed by atoms with E-state index >= 15 is 0 Å². The van der Waals surface area contributed by atoms with Crippen molar-refractivity contribution in [2.45, 2.75) is 18.6 Å². The largest absolute Gasteiger partial charge is 0.393 e. The van der Waals surface area contributed by atoms with E-state index in [1.807, 2.05) is 0 Å². The molecule has 4 N–H and O–H groups in total. The second kappa shape index (κ2) is 5.39. The molecule has 0 amide bonds. The van der Waals surface area contributed by atoms with Crippen LogP contribution in [0.2, 0.25) is 0 Å². The molecule has 0 spiro atoms. The van der Waals surface area contributed by atoms with Crippen LogP contribution in [0.15, 0.2) is 12.1 Å². The zero-order chi connectivity index (χ0) is 13.9. The first-order valence-electron chi connectivity index (χ1n) is 4.84. The fourth-order valence-electron chi connectivity index (χ4n) is 1.39. The third kappa shape index (κ3) is 2.71. The van der Waals surface area contributed by atoms with Crippen molar-refractivity contribution < 1.29 is 19.5 Å². The third-order valence-corrected chi connectivity index (χ3v) is 2.33. The number of nitro groups is 1. The molecule has 0 aromatic heterocycles. The van der Waals surface area contributed by atoms with E-state index < -0.39 is 40.6 Å². The van der Waals surface area contributed by atoms with E-state index in [-0.39, 0.29) is 5.69 Å². The SMILES string of the molecule is N#CCC(O)C(O)c1cc([N+](=O)[O-])c(N)cc1F. The third-order valence-electron chi connectivity index (χ3n) is 2.33. The van der Waals surface area contributed by atoms with Crippen LogP contribution in [0.4, 0.5) is 15.8 Å². The summed E-state index contributed by atoms with van der Waals surface area (Å²) in [4.78, 5) is 9.78. The maximum atomic E-state index is 13.5. The van der Waals surface area contributed by atoms with E-state index in [1.165, 1.54) is 0 Å². The van der Waals surface area contributed by atoms with Crippen LogP contribution >= 0.6 is 0 Å². The molecule has 96 valence electrons. The number of benzene rings is 1. The van der Waals surface area contributed by atoms with Crippen LogP contribution in [-0.2, 0) is 0 Å². The molecule has 0 radical (unpaired) electrons. The minimum absolute atomic E-state index is 0.386. The Kier molecular flexibility index (Phi) is 4.14. The van der Waals surface area contributed by atoms with Gasteiger partial charge in [-0.05, 0) is 0 Å². The summed E-state index contributed by atoms with van der Waals surface area (Å²) in [7, 11) is 0. The predicted molar refractivity (Wildman–Crippen MR) is 58.7 cm³/mol. The van der Waals surface area contributed by atoms with Crippen LogP contribution in [0, 0.1) is 27.3 Å². The lowest BCUT2D eigenvalue weighted by atomic mass is 10.0. The first-order valence-corrected chi connectivity index (χ1v) is 4.84. The van der Waals surface area contributed by atoms with Crippen LogP contribution in [0.5, 0.6) is 0 Å². The minimum atomic E-state index is -1.73. The van der Waals surface area contributed by atoms with Gasteiger partial charge in [0, 0.05) is 17.7 Å². The highest BCUT2D eigenvalue weighted by molar-refractivity contribution is 5.60. The highest BCUT2D eigenvalue weighted by Gasteiger charge is 2.25. The number of rotatable bonds is 4. The molecule has 7 nitrogen and oxygen atoms in total. The van der Waals surface area contributed by atoms with Gasteiger partial charge in [0.1, 0.15) is 17.6 Å². The molecular weight excluding hydrogens is 245 g/mol. The number of nitriles is 1. The second-order valence-corrected chi connectivity index (χ2v) is 3.56. The maximum Gasteiger partial charge on any atom is 0.292 e. The minimum Gasteiger partial charge on any atom is -0.393 e. The van der Waals surface area contributed by atoms with Crippen LogP contribution in [0.3, 0.4) is 0 Å². The molecule has 0 fully saturated rings. The molecular formula is C10H10FN3O4. The molecule has 18 heavy (non-hydrogen) atoms. The quantitative estimate of drug-likeness (QED) is 0.410. The molecule has 0 saturated carbocycles. The van der Waals surface area contributed by atoms with Gasteiger partial charge in [-0.1, -0.05) is 0 Å². The van der Waals surface area contributed by atoms with Crippen molar-refractivity contribution in [3.8, 4) is 6.07 Å². The number of halogens is 1. The topological polar surface area (TPSA) is 133 Å². The Labute approximate surface area is 101 Å². The lowest BCUT2D eigenvalue weighted by Crippen LogP contribution is -2.19. The zero-order valence-electron chi connectivity index (χ0n) is 9.08. The number of nitro benzene ring substituents is 1.